The van der Waals surface area contributed by atoms with Gasteiger partial charge in [-0.3, -0.25) is 19.3 Å². The molecule has 0 N–H and O–H groups in total. The molecule has 1 fully saturated rings. The van der Waals surface area contributed by atoms with Crippen LogP contribution in [0.1, 0.15) is 43.4 Å². The van der Waals surface area contributed by atoms with Crippen molar-refractivity contribution in [3.8, 4) is 6.07 Å². The van der Waals surface area contributed by atoms with E-state index in [0.717, 1.165) is 23.1 Å². The monoisotopic (exact) mass is 582 g/mol. The van der Waals surface area contributed by atoms with Crippen LogP contribution in [0.3, 0.4) is 0 Å². The molecule has 2 aromatic rings. The number of benzene rings is 2. The second kappa shape index (κ2) is 12.1. The van der Waals surface area contributed by atoms with Crippen molar-refractivity contribution in [2.24, 2.45) is 5.92 Å². The molecule has 3 amide bonds. The third-order valence-electron chi connectivity index (χ3n) is 7.48. The largest absolute Gasteiger partial charge is 0.463 e. The molecule has 42 heavy (non-hydrogen) atoms. The maximum absolute atomic E-state index is 14.3. The summed E-state index contributed by atoms with van der Waals surface area (Å²) < 4.78 is 46.2. The molecule has 2 heterocycles. The zero-order valence-electron chi connectivity index (χ0n) is 23.3. The zero-order valence-corrected chi connectivity index (χ0v) is 23.3. The number of nitriles is 1. The van der Waals surface area contributed by atoms with E-state index in [9.17, 15) is 37.6 Å². The summed E-state index contributed by atoms with van der Waals surface area (Å²) in [5.74, 6) is -5.13. The number of rotatable bonds is 5. The number of anilines is 1. The number of carbonyl (C=O) groups excluding carboxylic acids is 4. The highest BCUT2D eigenvalue weighted by atomic mass is 19.4. The number of alkyl halides is 3. The molecule has 0 aromatic heterocycles. The minimum atomic E-state index is -4.70. The van der Waals surface area contributed by atoms with Crippen LogP contribution in [0, 0.1) is 17.2 Å². The molecule has 1 saturated heterocycles. The normalized spacial score (nSPS) is 19.5. The van der Waals surface area contributed by atoms with Crippen LogP contribution in [-0.4, -0.2) is 66.3 Å². The van der Waals surface area contributed by atoms with E-state index in [2.05, 4.69) is 0 Å². The number of hydrogen-bond donors (Lipinski definition) is 0. The lowest BCUT2D eigenvalue weighted by molar-refractivity contribution is -0.147. The highest BCUT2D eigenvalue weighted by Crippen LogP contribution is 2.44. The Morgan fingerprint density at radius 3 is 2.19 bits per heavy atom. The van der Waals surface area contributed by atoms with E-state index in [1.54, 1.807) is 11.8 Å². The molecular weight excluding hydrogens is 553 g/mol. The van der Waals surface area contributed by atoms with Gasteiger partial charge < -0.3 is 14.5 Å². The quantitative estimate of drug-likeness (QED) is 0.391. The Bertz CT molecular complexity index is 1470. The zero-order chi connectivity index (χ0) is 30.8. The first-order valence-electron chi connectivity index (χ1n) is 13.3. The van der Waals surface area contributed by atoms with E-state index in [-0.39, 0.29) is 55.7 Å². The molecule has 0 spiro atoms. The molecule has 2 aromatic carbocycles. The smallest absolute Gasteiger partial charge is 0.416 e. The number of amides is 3. The van der Waals surface area contributed by atoms with Crippen molar-refractivity contribution in [3.63, 3.8) is 0 Å². The van der Waals surface area contributed by atoms with Crippen molar-refractivity contribution in [2.45, 2.75) is 32.9 Å². The van der Waals surface area contributed by atoms with Crippen molar-refractivity contribution in [1.29, 1.82) is 5.26 Å². The second-order valence-electron chi connectivity index (χ2n) is 9.96. The summed E-state index contributed by atoms with van der Waals surface area (Å²) in [7, 11) is 0. The molecule has 2 atom stereocenters. The molecule has 220 valence electrons. The lowest BCUT2D eigenvalue weighted by Gasteiger charge is -2.42. The molecule has 0 radical (unpaired) electrons. The van der Waals surface area contributed by atoms with E-state index in [0.29, 0.717) is 11.1 Å². The van der Waals surface area contributed by atoms with E-state index < -0.39 is 41.4 Å². The number of hydrogen-bond acceptors (Lipinski definition) is 6. The summed E-state index contributed by atoms with van der Waals surface area (Å²) in [5.41, 5.74) is -0.499. The van der Waals surface area contributed by atoms with Gasteiger partial charge in [0.05, 0.1) is 29.4 Å². The maximum Gasteiger partial charge on any atom is 0.416 e. The van der Waals surface area contributed by atoms with E-state index in [1.807, 2.05) is 6.07 Å². The SMILES string of the molecule is CCOC(=O)C1=C(C)N(c2cccc(C(F)(F)F)c2)C(=O)C(C(=O)N2CCN(C(C)=O)CC2)C1c1ccc(C#N)cc1. The Kier molecular flexibility index (Phi) is 8.70. The van der Waals surface area contributed by atoms with Crippen molar-refractivity contribution in [3.05, 3.63) is 76.5 Å². The van der Waals surface area contributed by atoms with Crippen LogP contribution in [0.15, 0.2) is 59.8 Å². The van der Waals surface area contributed by atoms with Gasteiger partial charge in [-0.15, -0.1) is 0 Å². The predicted octanol–water partition coefficient (Wildman–Crippen LogP) is 3.85. The van der Waals surface area contributed by atoms with Gasteiger partial charge in [0.25, 0.3) is 0 Å². The third kappa shape index (κ3) is 5.86. The van der Waals surface area contributed by atoms with Gasteiger partial charge in [0.2, 0.25) is 17.7 Å². The van der Waals surface area contributed by atoms with Gasteiger partial charge in [0, 0.05) is 50.4 Å². The predicted molar refractivity (Wildman–Crippen MR) is 144 cm³/mol. The fourth-order valence-corrected chi connectivity index (χ4v) is 5.40. The molecule has 4 rings (SSSR count). The van der Waals surface area contributed by atoms with Gasteiger partial charge in [0.1, 0.15) is 5.92 Å². The molecule has 2 aliphatic rings. The van der Waals surface area contributed by atoms with Crippen molar-refractivity contribution >= 4 is 29.4 Å². The fraction of sp³-hybridized carbons (Fsp3) is 0.367. The minimum Gasteiger partial charge on any atom is -0.463 e. The molecule has 0 aliphatic carbocycles. The first kappa shape index (κ1) is 30.3. The van der Waals surface area contributed by atoms with Crippen molar-refractivity contribution < 1.29 is 37.1 Å². The molecular formula is C30H29F3N4O5. The highest BCUT2D eigenvalue weighted by Gasteiger charge is 2.50. The Morgan fingerprint density at radius 1 is 1.02 bits per heavy atom. The number of ether oxygens (including phenoxy) is 1. The average Bonchev–Trinajstić information content (AvgIpc) is 2.96. The second-order valence-corrected chi connectivity index (χ2v) is 9.96. The van der Waals surface area contributed by atoms with Gasteiger partial charge in [-0.25, -0.2) is 4.79 Å². The molecule has 2 aliphatic heterocycles. The highest BCUT2D eigenvalue weighted by molar-refractivity contribution is 6.14. The van der Waals surface area contributed by atoms with Gasteiger partial charge in [-0.05, 0) is 49.7 Å². The maximum atomic E-state index is 14.3. The first-order chi connectivity index (χ1) is 19.9. The topological polar surface area (TPSA) is 111 Å². The number of esters is 1. The number of carbonyl (C=O) groups is 4. The van der Waals surface area contributed by atoms with Crippen LogP contribution in [0.25, 0.3) is 0 Å². The van der Waals surface area contributed by atoms with Gasteiger partial charge in [-0.2, -0.15) is 18.4 Å². The Hall–Kier alpha value is -4.66. The number of piperazine rings is 1. The van der Waals surface area contributed by atoms with E-state index in [4.69, 9.17) is 4.74 Å². The van der Waals surface area contributed by atoms with Gasteiger partial charge in [-0.1, -0.05) is 18.2 Å². The van der Waals surface area contributed by atoms with Crippen molar-refractivity contribution in [2.75, 3.05) is 37.7 Å². The summed E-state index contributed by atoms with van der Waals surface area (Å²) in [6.07, 6.45) is -4.70. The number of nitrogens with zero attached hydrogens (tertiary/aromatic N) is 4. The summed E-state index contributed by atoms with van der Waals surface area (Å²) in [5, 5.41) is 9.28. The Balaban J connectivity index is 1.91. The summed E-state index contributed by atoms with van der Waals surface area (Å²) in [4.78, 5) is 57.7. The van der Waals surface area contributed by atoms with Crippen LogP contribution in [0.4, 0.5) is 18.9 Å². The molecule has 9 nitrogen and oxygen atoms in total. The Morgan fingerprint density at radius 2 is 1.64 bits per heavy atom. The van der Waals surface area contributed by atoms with E-state index >= 15 is 0 Å². The molecule has 0 bridgehead atoms. The minimum absolute atomic E-state index is 0.0255. The molecule has 0 saturated carbocycles. The van der Waals surface area contributed by atoms with Crippen LogP contribution >= 0.6 is 0 Å². The summed E-state index contributed by atoms with van der Waals surface area (Å²) in [6.45, 7) is 5.12. The standard InChI is InChI=1S/C30H29F3N4O5/c1-4-42-29(41)24-18(2)37(23-7-5-6-22(16-23)30(31,32)33)28(40)26(25(24)21-10-8-20(17-34)9-11-21)27(39)36-14-12-35(13-15-36)19(3)38/h5-11,16,25-26H,4,12-15H2,1-3H3. The Labute approximate surface area is 240 Å². The first-order valence-corrected chi connectivity index (χ1v) is 13.3. The fourth-order valence-electron chi connectivity index (χ4n) is 5.40. The van der Waals surface area contributed by atoms with Crippen molar-refractivity contribution in [1.82, 2.24) is 9.80 Å². The molecule has 12 heteroatoms. The number of allylic oxidation sites excluding steroid dienone is 1. The van der Waals surface area contributed by atoms with Crippen LogP contribution in [0.5, 0.6) is 0 Å². The molecule has 2 unspecified atom stereocenters. The van der Waals surface area contributed by atoms with Crippen LogP contribution in [0.2, 0.25) is 0 Å². The van der Waals surface area contributed by atoms with Crippen LogP contribution in [-0.2, 0) is 30.1 Å². The lowest BCUT2D eigenvalue weighted by atomic mass is 9.75. The average molecular weight is 583 g/mol. The third-order valence-corrected chi connectivity index (χ3v) is 7.48. The van der Waals surface area contributed by atoms with Crippen LogP contribution < -0.4 is 4.90 Å². The van der Waals surface area contributed by atoms with Gasteiger partial charge >= 0.3 is 12.1 Å². The number of halogens is 3. The van der Waals surface area contributed by atoms with E-state index in [1.165, 1.54) is 49.1 Å². The lowest BCUT2D eigenvalue weighted by Crippen LogP contribution is -2.56. The summed E-state index contributed by atoms with van der Waals surface area (Å²) in [6, 6.07) is 12.2. The van der Waals surface area contributed by atoms with Gasteiger partial charge in [0.15, 0.2) is 0 Å². The summed E-state index contributed by atoms with van der Waals surface area (Å²) >= 11 is 0.